The van der Waals surface area contributed by atoms with Gasteiger partial charge in [-0.2, -0.15) is 0 Å². The molecule has 0 fully saturated rings. The number of rotatable bonds is 3. The second-order valence-corrected chi connectivity index (χ2v) is 7.43. The van der Waals surface area contributed by atoms with Crippen LogP contribution in [-0.2, 0) is 0 Å². The largest absolute Gasteiger partial charge is 0.872 e. The molecule has 0 spiro atoms. The van der Waals surface area contributed by atoms with Crippen molar-refractivity contribution in [2.24, 2.45) is 4.99 Å². The number of hydrogen-bond donors (Lipinski definition) is 2. The fourth-order valence-electron chi connectivity index (χ4n) is 2.83. The summed E-state index contributed by atoms with van der Waals surface area (Å²) in [5.41, 5.74) is 2.63. The number of thiazole rings is 1. The normalized spacial score (nSPS) is 13.9. The van der Waals surface area contributed by atoms with Crippen molar-refractivity contribution in [1.82, 2.24) is 4.57 Å². The molecule has 0 saturated heterocycles. The molecule has 6 nitrogen and oxygen atoms in total. The minimum atomic E-state index is -1.30. The molecule has 8 heteroatoms. The number of para-hydroxylation sites is 1. The highest BCUT2D eigenvalue weighted by Gasteiger charge is 2.16. The molecule has 1 aliphatic rings. The summed E-state index contributed by atoms with van der Waals surface area (Å²) in [4.78, 5) is 15.9. The SMILES string of the molecule is O=C(O)c1ccc(-n2c(O)c(/C=C3\C=Nc4ccccc43)sc2=S)cc1[O-]. The van der Waals surface area contributed by atoms with Crippen LogP contribution in [0, 0.1) is 3.95 Å². The zero-order valence-corrected chi connectivity index (χ0v) is 15.3. The number of benzene rings is 2. The van der Waals surface area contributed by atoms with Crippen LogP contribution >= 0.6 is 23.6 Å². The number of aromatic nitrogens is 1. The summed E-state index contributed by atoms with van der Waals surface area (Å²) < 4.78 is 1.68. The van der Waals surface area contributed by atoms with E-state index in [9.17, 15) is 15.0 Å². The molecular weight excluding hydrogens is 384 g/mol. The first kappa shape index (κ1) is 17.2. The molecule has 0 unspecified atom stereocenters. The lowest BCUT2D eigenvalue weighted by Gasteiger charge is -2.13. The van der Waals surface area contributed by atoms with Gasteiger partial charge in [0.1, 0.15) is 0 Å². The number of allylic oxidation sites excluding steroid dienone is 1. The van der Waals surface area contributed by atoms with Crippen LogP contribution in [0.5, 0.6) is 11.6 Å². The molecule has 0 amide bonds. The van der Waals surface area contributed by atoms with Crippen molar-refractivity contribution in [3.8, 4) is 17.3 Å². The van der Waals surface area contributed by atoms with Crippen LogP contribution in [0.2, 0.25) is 0 Å². The van der Waals surface area contributed by atoms with E-state index < -0.39 is 11.7 Å². The van der Waals surface area contributed by atoms with Gasteiger partial charge in [0.2, 0.25) is 5.88 Å². The number of nitrogens with zero attached hydrogens (tertiary/aromatic N) is 2. The molecule has 1 aromatic heterocycles. The van der Waals surface area contributed by atoms with Gasteiger partial charge in [-0.05, 0) is 42.6 Å². The fourth-order valence-corrected chi connectivity index (χ4v) is 4.13. The van der Waals surface area contributed by atoms with Gasteiger partial charge in [0, 0.05) is 17.4 Å². The van der Waals surface area contributed by atoms with E-state index in [-0.39, 0.29) is 11.4 Å². The van der Waals surface area contributed by atoms with Crippen LogP contribution < -0.4 is 5.11 Å². The average molecular weight is 395 g/mol. The van der Waals surface area contributed by atoms with Gasteiger partial charge in [-0.25, -0.2) is 4.79 Å². The molecule has 27 heavy (non-hydrogen) atoms. The summed E-state index contributed by atoms with van der Waals surface area (Å²) in [6.07, 6.45) is 3.50. The second kappa shape index (κ2) is 6.49. The zero-order valence-electron chi connectivity index (χ0n) is 13.6. The molecule has 2 heterocycles. The van der Waals surface area contributed by atoms with Crippen molar-refractivity contribution in [2.75, 3.05) is 0 Å². The summed E-state index contributed by atoms with van der Waals surface area (Å²) in [6, 6.07) is 11.4. The molecular formula is C19H11N2O4S2-. The number of fused-ring (bicyclic) bond motifs is 1. The number of carboxylic acid groups (broad SMARTS) is 1. The summed E-state index contributed by atoms with van der Waals surface area (Å²) in [5, 5.41) is 31.6. The third-order valence-corrected chi connectivity index (χ3v) is 5.42. The van der Waals surface area contributed by atoms with Crippen molar-refractivity contribution >= 4 is 53.1 Å². The van der Waals surface area contributed by atoms with Crippen molar-refractivity contribution < 1.29 is 20.1 Å². The van der Waals surface area contributed by atoms with Crippen molar-refractivity contribution in [1.29, 1.82) is 0 Å². The third-order valence-electron chi connectivity index (χ3n) is 4.11. The lowest BCUT2D eigenvalue weighted by atomic mass is 10.1. The van der Waals surface area contributed by atoms with Gasteiger partial charge < -0.3 is 15.3 Å². The number of hydrogen-bond acceptors (Lipinski definition) is 6. The quantitative estimate of drug-likeness (QED) is 0.653. The van der Waals surface area contributed by atoms with Crippen LogP contribution in [0.1, 0.15) is 20.8 Å². The molecule has 0 aliphatic carbocycles. The van der Waals surface area contributed by atoms with Crippen molar-refractivity contribution in [3.63, 3.8) is 0 Å². The Bertz CT molecular complexity index is 1200. The van der Waals surface area contributed by atoms with Crippen molar-refractivity contribution in [3.05, 3.63) is 62.4 Å². The van der Waals surface area contributed by atoms with Crippen LogP contribution in [-0.4, -0.2) is 27.0 Å². The Kier molecular flexibility index (Phi) is 4.14. The summed E-state index contributed by atoms with van der Waals surface area (Å²) in [5.74, 6) is -2.06. The van der Waals surface area contributed by atoms with Gasteiger partial charge in [-0.3, -0.25) is 9.56 Å². The number of carboxylic acids is 1. The Morgan fingerprint density at radius 1 is 1.26 bits per heavy atom. The zero-order chi connectivity index (χ0) is 19.1. The predicted octanol–water partition coefficient (Wildman–Crippen LogP) is 4.00. The lowest BCUT2D eigenvalue weighted by molar-refractivity contribution is -0.268. The fraction of sp³-hybridized carbons (Fsp3) is 0. The monoisotopic (exact) mass is 395 g/mol. The highest BCUT2D eigenvalue weighted by molar-refractivity contribution is 7.73. The maximum atomic E-state index is 12.0. The molecule has 1 aliphatic heterocycles. The Morgan fingerprint density at radius 2 is 2.04 bits per heavy atom. The highest BCUT2D eigenvalue weighted by Crippen LogP contribution is 2.37. The number of aromatic carboxylic acids is 1. The van der Waals surface area contributed by atoms with E-state index in [4.69, 9.17) is 17.3 Å². The maximum Gasteiger partial charge on any atom is 0.335 e. The van der Waals surface area contributed by atoms with Crippen LogP contribution in [0.25, 0.3) is 17.3 Å². The molecule has 2 aromatic carbocycles. The molecule has 0 atom stereocenters. The first-order valence-corrected chi connectivity index (χ1v) is 9.03. The topological polar surface area (TPSA) is 97.9 Å². The van der Waals surface area contributed by atoms with Gasteiger partial charge in [0.25, 0.3) is 0 Å². The van der Waals surface area contributed by atoms with Gasteiger partial charge in [-0.1, -0.05) is 23.9 Å². The molecule has 3 aromatic rings. The Labute approximate surface area is 162 Å². The summed E-state index contributed by atoms with van der Waals surface area (Å²) >= 11 is 6.51. The van der Waals surface area contributed by atoms with Crippen LogP contribution in [0.3, 0.4) is 0 Å². The number of aromatic hydroxyl groups is 1. The summed E-state index contributed by atoms with van der Waals surface area (Å²) in [7, 11) is 0. The first-order valence-electron chi connectivity index (χ1n) is 7.80. The van der Waals surface area contributed by atoms with Gasteiger partial charge >= 0.3 is 5.97 Å². The Morgan fingerprint density at radius 3 is 2.78 bits per heavy atom. The Hall–Kier alpha value is -3.23. The molecule has 134 valence electrons. The third kappa shape index (κ3) is 2.94. The first-order chi connectivity index (χ1) is 13.0. The van der Waals surface area contributed by atoms with Gasteiger partial charge in [-0.15, -0.1) is 11.3 Å². The van der Waals surface area contributed by atoms with E-state index in [1.54, 1.807) is 12.3 Å². The van der Waals surface area contributed by atoms with E-state index >= 15 is 0 Å². The standard InChI is InChI=1S/C19H12N2O4S2/c22-15-8-11(5-6-13(15)18(24)25)21-17(23)16(27-19(21)26)7-10-9-20-14-4-2-1-3-12(10)14/h1-9,22-23H,(H,24,25)/p-1/b10-7+. The van der Waals surface area contributed by atoms with Crippen LogP contribution in [0.15, 0.2) is 47.5 Å². The molecule has 0 bridgehead atoms. The lowest BCUT2D eigenvalue weighted by Crippen LogP contribution is -2.05. The molecule has 0 radical (unpaired) electrons. The van der Waals surface area contributed by atoms with Crippen molar-refractivity contribution in [2.45, 2.75) is 0 Å². The minimum Gasteiger partial charge on any atom is -0.872 e. The van der Waals surface area contributed by atoms with Gasteiger partial charge in [0.05, 0.1) is 21.8 Å². The summed E-state index contributed by atoms with van der Waals surface area (Å²) in [6.45, 7) is 0. The number of aliphatic imine (C=N–C) groups is 1. The smallest absolute Gasteiger partial charge is 0.335 e. The molecule has 0 saturated carbocycles. The highest BCUT2D eigenvalue weighted by atomic mass is 32.1. The van der Waals surface area contributed by atoms with E-state index in [1.807, 2.05) is 24.3 Å². The van der Waals surface area contributed by atoms with Gasteiger partial charge in [0.15, 0.2) is 3.95 Å². The van der Waals surface area contributed by atoms with E-state index in [0.717, 1.165) is 22.9 Å². The minimum absolute atomic E-state index is 0.113. The second-order valence-electron chi connectivity index (χ2n) is 5.75. The van der Waals surface area contributed by atoms with E-state index in [2.05, 4.69) is 4.99 Å². The van der Waals surface area contributed by atoms with E-state index in [1.165, 1.54) is 28.0 Å². The average Bonchev–Trinajstić information content (AvgIpc) is 3.16. The molecule has 2 N–H and O–H groups in total. The molecule has 4 rings (SSSR count). The van der Waals surface area contributed by atoms with E-state index in [0.29, 0.717) is 14.5 Å². The Balaban J connectivity index is 1.79. The van der Waals surface area contributed by atoms with Crippen LogP contribution in [0.4, 0.5) is 5.69 Å². The maximum absolute atomic E-state index is 12.0. The number of carbonyl (C=O) groups is 1. The predicted molar refractivity (Wildman–Crippen MR) is 105 cm³/mol.